The number of thiazole rings is 1. The minimum absolute atomic E-state index is 0.616. The Kier molecular flexibility index (Phi) is 3.69. The lowest BCUT2D eigenvalue weighted by molar-refractivity contribution is 0.412. The molecular formula is C16H19N3OS. The fraction of sp³-hybridized carbons (Fsp3) is 0.312. The maximum Gasteiger partial charge on any atom is 0.194 e. The smallest absolute Gasteiger partial charge is 0.194 e. The van der Waals surface area contributed by atoms with Crippen molar-refractivity contribution in [3.8, 4) is 17.0 Å². The molecule has 0 aliphatic carbocycles. The van der Waals surface area contributed by atoms with Crippen molar-refractivity contribution >= 4 is 16.3 Å². The van der Waals surface area contributed by atoms with Crippen molar-refractivity contribution in [3.63, 3.8) is 0 Å². The Morgan fingerprint density at radius 2 is 2.14 bits per heavy atom. The summed E-state index contributed by atoms with van der Waals surface area (Å²) in [5, 5.41) is 2.13. The Hall–Kier alpha value is -1.85. The highest BCUT2D eigenvalue weighted by molar-refractivity contribution is 7.15. The summed E-state index contributed by atoms with van der Waals surface area (Å²) in [6, 6.07) is 6.19. The molecule has 0 fully saturated rings. The molecule has 2 aromatic heterocycles. The van der Waals surface area contributed by atoms with Gasteiger partial charge in [0.05, 0.1) is 18.5 Å². The average Bonchev–Trinajstić information content (AvgIpc) is 3.01. The predicted octanol–water partition coefficient (Wildman–Crippen LogP) is 3.19. The van der Waals surface area contributed by atoms with Gasteiger partial charge < -0.3 is 10.5 Å². The van der Waals surface area contributed by atoms with Gasteiger partial charge in [-0.2, -0.15) is 0 Å². The van der Waals surface area contributed by atoms with Crippen LogP contribution < -0.4 is 10.5 Å². The number of benzene rings is 1. The van der Waals surface area contributed by atoms with Crippen molar-refractivity contribution in [1.82, 2.24) is 9.38 Å². The van der Waals surface area contributed by atoms with Crippen LogP contribution in [0.15, 0.2) is 23.6 Å². The fourth-order valence-electron chi connectivity index (χ4n) is 2.69. The van der Waals surface area contributed by atoms with Gasteiger partial charge in [0.25, 0.3) is 0 Å². The van der Waals surface area contributed by atoms with E-state index in [2.05, 4.69) is 35.8 Å². The Labute approximate surface area is 128 Å². The topological polar surface area (TPSA) is 52.5 Å². The number of hydrogen-bond donors (Lipinski definition) is 1. The van der Waals surface area contributed by atoms with Crippen LogP contribution in [0, 0.1) is 13.8 Å². The molecule has 3 rings (SSSR count). The summed E-state index contributed by atoms with van der Waals surface area (Å²) in [5.41, 5.74) is 11.5. The van der Waals surface area contributed by atoms with Gasteiger partial charge in [0, 0.05) is 23.1 Å². The number of aromatic nitrogens is 2. The van der Waals surface area contributed by atoms with Crippen molar-refractivity contribution < 1.29 is 4.74 Å². The third-order valence-corrected chi connectivity index (χ3v) is 4.62. The molecule has 0 radical (unpaired) electrons. The second-order valence-electron chi connectivity index (χ2n) is 5.13. The maximum absolute atomic E-state index is 5.79. The van der Waals surface area contributed by atoms with Crippen LogP contribution in [0.2, 0.25) is 0 Å². The molecule has 0 unspecified atom stereocenters. The number of nitrogens with two attached hydrogens (primary N) is 1. The van der Waals surface area contributed by atoms with Gasteiger partial charge in [0.1, 0.15) is 5.75 Å². The summed E-state index contributed by atoms with van der Waals surface area (Å²) in [5.74, 6) is 0.899. The minimum Gasteiger partial charge on any atom is -0.496 e. The first-order chi connectivity index (χ1) is 10.2. The zero-order valence-electron chi connectivity index (χ0n) is 12.5. The van der Waals surface area contributed by atoms with Gasteiger partial charge in [-0.1, -0.05) is 0 Å². The molecule has 4 nitrogen and oxygen atoms in total. The molecule has 0 spiro atoms. The first-order valence-electron chi connectivity index (χ1n) is 6.96. The molecule has 0 aliphatic heterocycles. The molecule has 2 N–H and O–H groups in total. The van der Waals surface area contributed by atoms with E-state index in [-0.39, 0.29) is 0 Å². The molecule has 110 valence electrons. The molecule has 21 heavy (non-hydrogen) atoms. The van der Waals surface area contributed by atoms with Crippen LogP contribution in [-0.4, -0.2) is 23.0 Å². The van der Waals surface area contributed by atoms with Crippen molar-refractivity contribution in [2.45, 2.75) is 20.3 Å². The molecule has 0 saturated carbocycles. The molecule has 5 heteroatoms. The third kappa shape index (κ3) is 2.32. The first kappa shape index (κ1) is 14.1. The summed E-state index contributed by atoms with van der Waals surface area (Å²) in [4.78, 5) is 5.83. The van der Waals surface area contributed by atoms with Crippen LogP contribution in [0.25, 0.3) is 16.2 Å². The zero-order chi connectivity index (χ0) is 15.0. The lowest BCUT2D eigenvalue weighted by Gasteiger charge is -2.08. The number of methoxy groups -OCH3 is 1. The normalized spacial score (nSPS) is 11.2. The average molecular weight is 301 g/mol. The Morgan fingerprint density at radius 1 is 1.33 bits per heavy atom. The van der Waals surface area contributed by atoms with Crippen molar-refractivity contribution in [1.29, 1.82) is 0 Å². The van der Waals surface area contributed by atoms with E-state index in [9.17, 15) is 0 Å². The maximum atomic E-state index is 5.79. The van der Waals surface area contributed by atoms with Gasteiger partial charge in [0.15, 0.2) is 4.96 Å². The van der Waals surface area contributed by atoms with Crippen molar-refractivity contribution in [3.05, 3.63) is 40.5 Å². The lowest BCUT2D eigenvalue weighted by Crippen LogP contribution is -2.06. The number of aryl methyl sites for hydroxylation is 2. The summed E-state index contributed by atoms with van der Waals surface area (Å²) in [6.45, 7) is 4.77. The quantitative estimate of drug-likeness (QED) is 0.805. The van der Waals surface area contributed by atoms with Crippen LogP contribution in [-0.2, 0) is 6.42 Å². The van der Waals surface area contributed by atoms with Crippen LogP contribution >= 0.6 is 11.3 Å². The van der Waals surface area contributed by atoms with Crippen LogP contribution in [0.1, 0.15) is 17.0 Å². The SMILES string of the molecule is COc1ccc(-c2nc3scc(C)n3c2CCN)cc1C. The van der Waals surface area contributed by atoms with E-state index in [4.69, 9.17) is 15.5 Å². The molecule has 0 bridgehead atoms. The first-order valence-corrected chi connectivity index (χ1v) is 7.84. The number of fused-ring (bicyclic) bond motifs is 1. The van der Waals surface area contributed by atoms with E-state index in [1.807, 2.05) is 6.07 Å². The molecule has 3 aromatic rings. The second-order valence-corrected chi connectivity index (χ2v) is 5.96. The predicted molar refractivity (Wildman–Crippen MR) is 87.3 cm³/mol. The molecule has 0 aliphatic rings. The summed E-state index contributed by atoms with van der Waals surface area (Å²) in [6.07, 6.45) is 0.819. The fourth-order valence-corrected chi connectivity index (χ4v) is 3.57. The highest BCUT2D eigenvalue weighted by Gasteiger charge is 2.16. The third-order valence-electron chi connectivity index (χ3n) is 3.68. The Bertz CT molecular complexity index is 788. The monoisotopic (exact) mass is 301 g/mol. The Morgan fingerprint density at radius 3 is 2.81 bits per heavy atom. The summed E-state index contributed by atoms with van der Waals surface area (Å²) in [7, 11) is 1.69. The highest BCUT2D eigenvalue weighted by atomic mass is 32.1. The van der Waals surface area contributed by atoms with Crippen molar-refractivity contribution in [2.75, 3.05) is 13.7 Å². The summed E-state index contributed by atoms with van der Waals surface area (Å²) < 4.78 is 7.55. The van der Waals surface area contributed by atoms with Crippen LogP contribution in [0.5, 0.6) is 5.75 Å². The van der Waals surface area contributed by atoms with Gasteiger partial charge in [-0.25, -0.2) is 4.98 Å². The number of nitrogens with zero attached hydrogens (tertiary/aromatic N) is 2. The second kappa shape index (κ2) is 5.50. The molecule has 0 amide bonds. The van der Waals surface area contributed by atoms with E-state index in [1.54, 1.807) is 18.4 Å². The van der Waals surface area contributed by atoms with E-state index in [0.29, 0.717) is 6.54 Å². The van der Waals surface area contributed by atoms with E-state index >= 15 is 0 Å². The largest absolute Gasteiger partial charge is 0.496 e. The molecule has 1 aromatic carbocycles. The lowest BCUT2D eigenvalue weighted by atomic mass is 10.1. The molecule has 0 saturated heterocycles. The zero-order valence-corrected chi connectivity index (χ0v) is 13.3. The van der Waals surface area contributed by atoms with Crippen molar-refractivity contribution in [2.24, 2.45) is 5.73 Å². The van der Waals surface area contributed by atoms with Gasteiger partial charge in [-0.15, -0.1) is 11.3 Å². The molecular weight excluding hydrogens is 282 g/mol. The van der Waals surface area contributed by atoms with E-state index in [0.717, 1.165) is 34.0 Å². The van der Waals surface area contributed by atoms with Crippen LogP contribution in [0.3, 0.4) is 0 Å². The Balaban J connectivity index is 2.19. The van der Waals surface area contributed by atoms with Crippen LogP contribution in [0.4, 0.5) is 0 Å². The molecule has 0 atom stereocenters. The van der Waals surface area contributed by atoms with E-state index < -0.39 is 0 Å². The molecule has 2 heterocycles. The van der Waals surface area contributed by atoms with E-state index in [1.165, 1.54) is 11.4 Å². The summed E-state index contributed by atoms with van der Waals surface area (Å²) >= 11 is 1.67. The van der Waals surface area contributed by atoms with Gasteiger partial charge in [0.2, 0.25) is 0 Å². The van der Waals surface area contributed by atoms with Gasteiger partial charge in [-0.05, 0) is 44.2 Å². The highest BCUT2D eigenvalue weighted by Crippen LogP contribution is 2.31. The number of hydrogen-bond acceptors (Lipinski definition) is 4. The number of rotatable bonds is 4. The van der Waals surface area contributed by atoms with Gasteiger partial charge >= 0.3 is 0 Å². The standard InChI is InChI=1S/C16H19N3OS/c1-10-8-12(4-5-14(10)20-3)15-13(6-7-17)19-11(2)9-21-16(19)18-15/h4-5,8-9H,6-7,17H2,1-3H3. The van der Waals surface area contributed by atoms with Gasteiger partial charge in [-0.3, -0.25) is 4.40 Å². The minimum atomic E-state index is 0.616. The number of imidazole rings is 1. The number of ether oxygens (including phenoxy) is 1.